The van der Waals surface area contributed by atoms with Crippen LogP contribution in [0.2, 0.25) is 0 Å². The molecule has 0 bridgehead atoms. The minimum Gasteiger partial charge on any atom is -0.325 e. The third-order valence-corrected chi connectivity index (χ3v) is 2.35. The Labute approximate surface area is 99.0 Å². The summed E-state index contributed by atoms with van der Waals surface area (Å²) in [6.45, 7) is 5.43. The lowest BCUT2D eigenvalue weighted by molar-refractivity contribution is -0.119. The van der Waals surface area contributed by atoms with E-state index in [1.54, 1.807) is 0 Å². The van der Waals surface area contributed by atoms with Crippen molar-refractivity contribution in [3.05, 3.63) is 29.8 Å². The van der Waals surface area contributed by atoms with Crippen LogP contribution < -0.4 is 11.1 Å². The monoisotopic (exact) mass is 242 g/mol. The van der Waals surface area contributed by atoms with Crippen molar-refractivity contribution in [3.8, 4) is 0 Å². The maximum Gasteiger partial charge on any atom is 0.241 e. The van der Waals surface area contributed by atoms with Gasteiger partial charge in [-0.1, -0.05) is 20.8 Å². The summed E-state index contributed by atoms with van der Waals surface area (Å²) >= 11 is 0. The third-order valence-electron chi connectivity index (χ3n) is 2.35. The lowest BCUT2D eigenvalue weighted by Gasteiger charge is -2.25. The van der Waals surface area contributed by atoms with Crippen molar-refractivity contribution in [3.63, 3.8) is 0 Å². The first-order valence-electron chi connectivity index (χ1n) is 5.22. The molecule has 3 nitrogen and oxygen atoms in total. The Hall–Kier alpha value is -1.49. The van der Waals surface area contributed by atoms with Crippen molar-refractivity contribution in [2.45, 2.75) is 26.8 Å². The largest absolute Gasteiger partial charge is 0.325 e. The lowest BCUT2D eigenvalue weighted by Crippen LogP contribution is -2.45. The van der Waals surface area contributed by atoms with Gasteiger partial charge in [0.15, 0.2) is 0 Å². The van der Waals surface area contributed by atoms with Crippen LogP contribution in [0, 0.1) is 17.0 Å². The summed E-state index contributed by atoms with van der Waals surface area (Å²) in [6.07, 6.45) is 0. The van der Waals surface area contributed by atoms with Crippen LogP contribution in [-0.2, 0) is 4.79 Å². The van der Waals surface area contributed by atoms with Crippen molar-refractivity contribution in [1.29, 1.82) is 0 Å². The minimum absolute atomic E-state index is 0.0622. The fourth-order valence-corrected chi connectivity index (χ4v) is 1.24. The van der Waals surface area contributed by atoms with E-state index in [1.807, 2.05) is 20.8 Å². The molecule has 94 valence electrons. The van der Waals surface area contributed by atoms with Gasteiger partial charge in [-0.05, 0) is 17.5 Å². The fraction of sp³-hybridized carbons (Fsp3) is 0.417. The van der Waals surface area contributed by atoms with Crippen molar-refractivity contribution >= 4 is 11.6 Å². The minimum atomic E-state index is -0.756. The van der Waals surface area contributed by atoms with Gasteiger partial charge in [-0.15, -0.1) is 0 Å². The van der Waals surface area contributed by atoms with Crippen LogP contribution in [0.15, 0.2) is 18.2 Å². The molecule has 17 heavy (non-hydrogen) atoms. The third kappa shape index (κ3) is 3.78. The highest BCUT2D eigenvalue weighted by Gasteiger charge is 2.27. The highest BCUT2D eigenvalue weighted by molar-refractivity contribution is 5.95. The Balaban J connectivity index is 2.81. The Morgan fingerprint density at radius 1 is 1.24 bits per heavy atom. The standard InChI is InChI=1S/C12H16F2N2O/c1-12(2,3)10(15)11(17)16-9-5-7(13)4-8(14)6-9/h4-6,10H,15H2,1-3H3,(H,16,17)/t10-/m0/s1. The first-order chi connectivity index (χ1) is 7.70. The van der Waals surface area contributed by atoms with Crippen LogP contribution in [0.25, 0.3) is 0 Å². The van der Waals surface area contributed by atoms with Gasteiger partial charge in [0.2, 0.25) is 5.91 Å². The first kappa shape index (κ1) is 13.6. The molecule has 0 saturated carbocycles. The summed E-state index contributed by atoms with van der Waals surface area (Å²) in [4.78, 5) is 11.7. The van der Waals surface area contributed by atoms with Crippen molar-refractivity contribution in [2.75, 3.05) is 5.32 Å². The second kappa shape index (κ2) is 4.79. The molecule has 1 aromatic carbocycles. The number of amides is 1. The van der Waals surface area contributed by atoms with Crippen LogP contribution in [0.1, 0.15) is 20.8 Å². The molecule has 0 saturated heterocycles. The highest BCUT2D eigenvalue weighted by Crippen LogP contribution is 2.19. The number of hydrogen-bond acceptors (Lipinski definition) is 2. The summed E-state index contributed by atoms with van der Waals surface area (Å²) in [5.74, 6) is -1.96. The number of benzene rings is 1. The molecule has 1 rings (SSSR count). The van der Waals surface area contributed by atoms with Crippen LogP contribution in [0.5, 0.6) is 0 Å². The van der Waals surface area contributed by atoms with Crippen molar-refractivity contribution in [2.24, 2.45) is 11.1 Å². The molecule has 0 unspecified atom stereocenters. The Kier molecular flexibility index (Phi) is 3.83. The van der Waals surface area contributed by atoms with Gasteiger partial charge in [0, 0.05) is 11.8 Å². The zero-order chi connectivity index (χ0) is 13.2. The van der Waals surface area contributed by atoms with E-state index >= 15 is 0 Å². The van der Waals surface area contributed by atoms with Gasteiger partial charge < -0.3 is 11.1 Å². The Morgan fingerprint density at radius 2 is 1.71 bits per heavy atom. The summed E-state index contributed by atoms with van der Waals surface area (Å²) in [7, 11) is 0. The Bertz CT molecular complexity index is 407. The van der Waals surface area contributed by atoms with E-state index in [0.29, 0.717) is 0 Å². The zero-order valence-electron chi connectivity index (χ0n) is 10.1. The maximum absolute atomic E-state index is 12.9. The second-order valence-corrected chi connectivity index (χ2v) is 4.99. The molecule has 0 heterocycles. The molecular formula is C12H16F2N2O. The molecular weight excluding hydrogens is 226 g/mol. The number of carbonyl (C=O) groups excluding carboxylic acids is 1. The summed E-state index contributed by atoms with van der Waals surface area (Å²) in [5.41, 5.74) is 5.36. The predicted molar refractivity (Wildman–Crippen MR) is 62.4 cm³/mol. The van der Waals surface area contributed by atoms with E-state index < -0.39 is 29.0 Å². The molecule has 0 aromatic heterocycles. The molecule has 1 amide bonds. The highest BCUT2D eigenvalue weighted by atomic mass is 19.1. The fourth-order valence-electron chi connectivity index (χ4n) is 1.24. The number of halogens is 2. The number of rotatable bonds is 2. The molecule has 5 heteroatoms. The molecule has 0 spiro atoms. The number of anilines is 1. The maximum atomic E-state index is 12.9. The summed E-state index contributed by atoms with van der Waals surface area (Å²) in [6, 6.07) is 2.06. The second-order valence-electron chi connectivity index (χ2n) is 4.99. The van der Waals surface area contributed by atoms with E-state index in [9.17, 15) is 13.6 Å². The van der Waals surface area contributed by atoms with Crippen molar-refractivity contribution < 1.29 is 13.6 Å². The van der Waals surface area contributed by atoms with Crippen molar-refractivity contribution in [1.82, 2.24) is 0 Å². The smallest absolute Gasteiger partial charge is 0.241 e. The van der Waals surface area contributed by atoms with E-state index in [1.165, 1.54) is 0 Å². The summed E-state index contributed by atoms with van der Waals surface area (Å²) in [5, 5.41) is 2.39. The number of nitrogens with one attached hydrogen (secondary N) is 1. The number of hydrogen-bond donors (Lipinski definition) is 2. The first-order valence-corrected chi connectivity index (χ1v) is 5.22. The van der Waals surface area contributed by atoms with Gasteiger partial charge in [-0.2, -0.15) is 0 Å². The van der Waals surface area contributed by atoms with Gasteiger partial charge in [0.1, 0.15) is 11.6 Å². The van der Waals surface area contributed by atoms with E-state index in [4.69, 9.17) is 5.73 Å². The normalized spacial score (nSPS) is 13.3. The van der Waals surface area contributed by atoms with E-state index in [0.717, 1.165) is 18.2 Å². The number of nitrogens with two attached hydrogens (primary N) is 1. The van der Waals surface area contributed by atoms with Crippen LogP contribution >= 0.6 is 0 Å². The van der Waals surface area contributed by atoms with Gasteiger partial charge in [-0.25, -0.2) is 8.78 Å². The topological polar surface area (TPSA) is 55.1 Å². The number of carbonyl (C=O) groups is 1. The van der Waals surface area contributed by atoms with Gasteiger partial charge in [0.25, 0.3) is 0 Å². The molecule has 1 atom stereocenters. The van der Waals surface area contributed by atoms with Gasteiger partial charge in [0.05, 0.1) is 6.04 Å². The quantitative estimate of drug-likeness (QED) is 0.835. The predicted octanol–water partition coefficient (Wildman–Crippen LogP) is 2.28. The lowest BCUT2D eigenvalue weighted by atomic mass is 9.87. The van der Waals surface area contributed by atoms with Gasteiger partial charge >= 0.3 is 0 Å². The molecule has 0 fully saturated rings. The summed E-state index contributed by atoms with van der Waals surface area (Å²) < 4.78 is 25.8. The zero-order valence-corrected chi connectivity index (χ0v) is 10.1. The van der Waals surface area contributed by atoms with E-state index in [-0.39, 0.29) is 5.69 Å². The van der Waals surface area contributed by atoms with Crippen LogP contribution in [0.3, 0.4) is 0 Å². The molecule has 0 aliphatic heterocycles. The van der Waals surface area contributed by atoms with Crippen LogP contribution in [0.4, 0.5) is 14.5 Å². The Morgan fingerprint density at radius 3 is 2.12 bits per heavy atom. The molecule has 1 aromatic rings. The van der Waals surface area contributed by atoms with Crippen LogP contribution in [-0.4, -0.2) is 11.9 Å². The SMILES string of the molecule is CC(C)(C)[C@@H](N)C(=O)Nc1cc(F)cc(F)c1. The molecule has 0 aliphatic carbocycles. The average molecular weight is 242 g/mol. The molecule has 0 radical (unpaired) electrons. The molecule has 3 N–H and O–H groups in total. The van der Waals surface area contributed by atoms with Gasteiger partial charge in [-0.3, -0.25) is 4.79 Å². The van der Waals surface area contributed by atoms with E-state index in [2.05, 4.69) is 5.32 Å². The molecule has 0 aliphatic rings. The average Bonchev–Trinajstić information content (AvgIpc) is 2.13.